The molecular formula is C17H13NO3. The van der Waals surface area contributed by atoms with E-state index in [0.717, 1.165) is 17.2 Å². The van der Waals surface area contributed by atoms with Crippen LogP contribution in [0.5, 0.6) is 5.75 Å². The van der Waals surface area contributed by atoms with Crippen LogP contribution in [0.15, 0.2) is 54.6 Å². The van der Waals surface area contributed by atoms with Gasteiger partial charge in [0.25, 0.3) is 0 Å². The Bertz CT molecular complexity index is 697. The van der Waals surface area contributed by atoms with Gasteiger partial charge in [-0.25, -0.2) is 4.79 Å². The number of ether oxygens (including phenoxy) is 1. The molecular weight excluding hydrogens is 266 g/mol. The third-order valence-corrected chi connectivity index (χ3v) is 2.76. The normalized spacial score (nSPS) is 10.2. The summed E-state index contributed by atoms with van der Waals surface area (Å²) in [5.74, 6) is -0.297. The summed E-state index contributed by atoms with van der Waals surface area (Å²) in [6.07, 6.45) is 2.63. The van der Waals surface area contributed by atoms with Crippen molar-refractivity contribution in [3.63, 3.8) is 0 Å². The Hall–Kier alpha value is -3.06. The van der Waals surface area contributed by atoms with E-state index >= 15 is 0 Å². The highest BCUT2D eigenvalue weighted by atomic mass is 16.5. The molecule has 2 aromatic rings. The number of aliphatic carboxylic acids is 1. The lowest BCUT2D eigenvalue weighted by atomic mass is 10.1. The van der Waals surface area contributed by atoms with Crippen LogP contribution < -0.4 is 4.74 Å². The summed E-state index contributed by atoms with van der Waals surface area (Å²) < 4.78 is 5.62. The Morgan fingerprint density at radius 3 is 2.67 bits per heavy atom. The molecule has 2 aromatic carbocycles. The van der Waals surface area contributed by atoms with Gasteiger partial charge in [-0.15, -0.1) is 0 Å². The SMILES string of the molecule is N#Cc1ccc(OCc2cccc(C=CC(=O)O)c2)cc1. The summed E-state index contributed by atoms with van der Waals surface area (Å²) in [4.78, 5) is 10.5. The lowest BCUT2D eigenvalue weighted by Gasteiger charge is -2.07. The number of carboxylic acid groups (broad SMARTS) is 1. The van der Waals surface area contributed by atoms with E-state index in [0.29, 0.717) is 17.9 Å². The van der Waals surface area contributed by atoms with Gasteiger partial charge in [-0.1, -0.05) is 18.2 Å². The minimum absolute atomic E-state index is 0.376. The summed E-state index contributed by atoms with van der Waals surface area (Å²) in [7, 11) is 0. The predicted molar refractivity (Wildman–Crippen MR) is 78.6 cm³/mol. The second kappa shape index (κ2) is 6.92. The number of hydrogen-bond donors (Lipinski definition) is 1. The van der Waals surface area contributed by atoms with E-state index in [1.165, 1.54) is 6.08 Å². The molecule has 4 nitrogen and oxygen atoms in total. The van der Waals surface area contributed by atoms with Gasteiger partial charge in [0.15, 0.2) is 0 Å². The van der Waals surface area contributed by atoms with Crippen molar-refractivity contribution < 1.29 is 14.6 Å². The van der Waals surface area contributed by atoms with Crippen molar-refractivity contribution in [2.45, 2.75) is 6.61 Å². The maximum absolute atomic E-state index is 10.5. The fraction of sp³-hybridized carbons (Fsp3) is 0.0588. The zero-order valence-electron chi connectivity index (χ0n) is 11.2. The summed E-state index contributed by atoms with van der Waals surface area (Å²) in [6.45, 7) is 0.376. The first-order valence-corrected chi connectivity index (χ1v) is 6.30. The van der Waals surface area contributed by atoms with E-state index in [1.54, 1.807) is 24.3 Å². The Morgan fingerprint density at radius 2 is 2.00 bits per heavy atom. The average molecular weight is 279 g/mol. The highest BCUT2D eigenvalue weighted by Crippen LogP contribution is 2.15. The molecule has 0 saturated heterocycles. The number of nitriles is 1. The number of nitrogens with zero attached hydrogens (tertiary/aromatic N) is 1. The van der Waals surface area contributed by atoms with E-state index in [-0.39, 0.29) is 0 Å². The van der Waals surface area contributed by atoms with Crippen LogP contribution >= 0.6 is 0 Å². The topological polar surface area (TPSA) is 70.3 Å². The smallest absolute Gasteiger partial charge is 0.328 e. The molecule has 0 heterocycles. The molecule has 0 radical (unpaired) electrons. The Balaban J connectivity index is 2.01. The van der Waals surface area contributed by atoms with Gasteiger partial charge < -0.3 is 9.84 Å². The van der Waals surface area contributed by atoms with Crippen LogP contribution in [0.1, 0.15) is 16.7 Å². The molecule has 2 rings (SSSR count). The van der Waals surface area contributed by atoms with E-state index < -0.39 is 5.97 Å². The van der Waals surface area contributed by atoms with Crippen molar-refractivity contribution in [1.29, 1.82) is 5.26 Å². The fourth-order valence-corrected chi connectivity index (χ4v) is 1.75. The maximum Gasteiger partial charge on any atom is 0.328 e. The van der Waals surface area contributed by atoms with Crippen LogP contribution in [0.25, 0.3) is 6.08 Å². The fourth-order valence-electron chi connectivity index (χ4n) is 1.75. The van der Waals surface area contributed by atoms with E-state index in [9.17, 15) is 4.79 Å². The second-order valence-corrected chi connectivity index (χ2v) is 4.34. The van der Waals surface area contributed by atoms with Gasteiger partial charge in [-0.05, 0) is 47.5 Å². The maximum atomic E-state index is 10.5. The summed E-state index contributed by atoms with van der Waals surface area (Å²) in [5.41, 5.74) is 2.33. The van der Waals surface area contributed by atoms with Gasteiger partial charge in [0.1, 0.15) is 12.4 Å². The van der Waals surface area contributed by atoms with Crippen molar-refractivity contribution >= 4 is 12.0 Å². The van der Waals surface area contributed by atoms with Crippen molar-refractivity contribution in [2.24, 2.45) is 0 Å². The lowest BCUT2D eigenvalue weighted by molar-refractivity contribution is -0.131. The molecule has 0 spiro atoms. The average Bonchev–Trinajstić information content (AvgIpc) is 2.52. The Labute approximate surface area is 122 Å². The Kier molecular flexibility index (Phi) is 4.73. The van der Waals surface area contributed by atoms with Gasteiger partial charge in [-0.2, -0.15) is 5.26 Å². The molecule has 0 bridgehead atoms. The van der Waals surface area contributed by atoms with Gasteiger partial charge >= 0.3 is 5.97 Å². The molecule has 4 heteroatoms. The van der Waals surface area contributed by atoms with Crippen LogP contribution in [-0.4, -0.2) is 11.1 Å². The quantitative estimate of drug-likeness (QED) is 0.853. The van der Waals surface area contributed by atoms with Crippen molar-refractivity contribution in [3.05, 3.63) is 71.3 Å². The summed E-state index contributed by atoms with van der Waals surface area (Å²) >= 11 is 0. The second-order valence-electron chi connectivity index (χ2n) is 4.34. The third-order valence-electron chi connectivity index (χ3n) is 2.76. The van der Waals surface area contributed by atoms with Gasteiger partial charge in [0.05, 0.1) is 11.6 Å². The van der Waals surface area contributed by atoms with Gasteiger partial charge in [0, 0.05) is 6.08 Å². The first kappa shape index (κ1) is 14.4. The van der Waals surface area contributed by atoms with E-state index in [1.807, 2.05) is 30.3 Å². The standard InChI is InChI=1S/C17H13NO3/c18-11-14-4-7-16(8-5-14)21-12-15-3-1-2-13(10-15)6-9-17(19)20/h1-10H,12H2,(H,19,20). The van der Waals surface area contributed by atoms with Crippen LogP contribution in [0.2, 0.25) is 0 Å². The monoisotopic (exact) mass is 279 g/mol. The van der Waals surface area contributed by atoms with Crippen molar-refractivity contribution in [2.75, 3.05) is 0 Å². The molecule has 0 fully saturated rings. The minimum Gasteiger partial charge on any atom is -0.489 e. The Morgan fingerprint density at radius 1 is 1.24 bits per heavy atom. The number of hydrogen-bond acceptors (Lipinski definition) is 3. The molecule has 0 atom stereocenters. The highest BCUT2D eigenvalue weighted by Gasteiger charge is 1.98. The van der Waals surface area contributed by atoms with Gasteiger partial charge in [-0.3, -0.25) is 0 Å². The highest BCUT2D eigenvalue weighted by molar-refractivity contribution is 5.85. The number of benzene rings is 2. The molecule has 0 unspecified atom stereocenters. The van der Waals surface area contributed by atoms with Crippen LogP contribution in [-0.2, 0) is 11.4 Å². The molecule has 0 aromatic heterocycles. The van der Waals surface area contributed by atoms with Crippen LogP contribution in [0.3, 0.4) is 0 Å². The van der Waals surface area contributed by atoms with E-state index in [2.05, 4.69) is 0 Å². The molecule has 0 aliphatic rings. The molecule has 21 heavy (non-hydrogen) atoms. The largest absolute Gasteiger partial charge is 0.489 e. The predicted octanol–water partition coefficient (Wildman–Crippen LogP) is 3.24. The van der Waals surface area contributed by atoms with Crippen LogP contribution in [0.4, 0.5) is 0 Å². The number of carboxylic acids is 1. The zero-order chi connectivity index (χ0) is 15.1. The number of carbonyl (C=O) groups is 1. The molecule has 1 N–H and O–H groups in total. The molecule has 104 valence electrons. The lowest BCUT2D eigenvalue weighted by Crippen LogP contribution is -1.95. The van der Waals surface area contributed by atoms with Crippen molar-refractivity contribution in [1.82, 2.24) is 0 Å². The zero-order valence-corrected chi connectivity index (χ0v) is 11.2. The first-order chi connectivity index (χ1) is 10.2. The third kappa shape index (κ3) is 4.51. The molecule has 0 amide bonds. The van der Waals surface area contributed by atoms with Gasteiger partial charge in [0.2, 0.25) is 0 Å². The van der Waals surface area contributed by atoms with E-state index in [4.69, 9.17) is 15.1 Å². The summed E-state index contributed by atoms with van der Waals surface area (Å²) in [5, 5.41) is 17.3. The molecule has 0 aliphatic carbocycles. The van der Waals surface area contributed by atoms with Crippen molar-refractivity contribution in [3.8, 4) is 11.8 Å². The molecule has 0 saturated carbocycles. The van der Waals surface area contributed by atoms with Crippen LogP contribution in [0, 0.1) is 11.3 Å². The first-order valence-electron chi connectivity index (χ1n) is 6.30. The number of rotatable bonds is 5. The molecule has 0 aliphatic heterocycles. The minimum atomic E-state index is -0.978. The summed E-state index contributed by atoms with van der Waals surface area (Å²) in [6, 6.07) is 16.4.